The first kappa shape index (κ1) is 17.9. The van der Waals surface area contributed by atoms with Gasteiger partial charge in [-0.15, -0.1) is 0 Å². The summed E-state index contributed by atoms with van der Waals surface area (Å²) < 4.78 is 15.3. The number of benzene rings is 2. The lowest BCUT2D eigenvalue weighted by Gasteiger charge is -2.08. The summed E-state index contributed by atoms with van der Waals surface area (Å²) in [5.41, 5.74) is 1.26. The molecule has 0 radical (unpaired) electrons. The normalized spacial score (nSPS) is 13.2. The lowest BCUT2D eigenvalue weighted by Crippen LogP contribution is -2.23. The van der Waals surface area contributed by atoms with Crippen LogP contribution >= 0.6 is 0 Å². The predicted octanol–water partition coefficient (Wildman–Crippen LogP) is 3.29. The quantitative estimate of drug-likeness (QED) is 0.691. The molecule has 1 aliphatic rings. The van der Waals surface area contributed by atoms with Crippen LogP contribution in [0.25, 0.3) is 5.69 Å². The van der Waals surface area contributed by atoms with E-state index in [-0.39, 0.29) is 29.9 Å². The van der Waals surface area contributed by atoms with Crippen LogP contribution in [0.4, 0.5) is 10.2 Å². The third-order valence-electron chi connectivity index (χ3n) is 4.54. The zero-order chi connectivity index (χ0) is 19.5. The number of nitrogens with one attached hydrogen (secondary N) is 2. The molecule has 1 aromatic heterocycles. The smallest absolute Gasteiger partial charge is 0.272 e. The molecule has 2 N–H and O–H groups in total. The Bertz CT molecular complexity index is 1010. The first-order valence-corrected chi connectivity index (χ1v) is 9.10. The number of aromatic nitrogens is 2. The Balaban J connectivity index is 1.56. The standard InChI is InChI=1S/C21H19FN4O2/c22-17-9-5-4-6-15(17)13-23-21(28)18-12-19(24-20(27)14-10-11-14)26(25-18)16-7-2-1-3-8-16/h1-9,12,14H,10-11,13H2,(H,23,28)(H,24,27). The van der Waals surface area contributed by atoms with Crippen LogP contribution in [0.2, 0.25) is 0 Å². The first-order valence-electron chi connectivity index (χ1n) is 9.10. The molecule has 28 heavy (non-hydrogen) atoms. The van der Waals surface area contributed by atoms with Crippen LogP contribution in [0, 0.1) is 11.7 Å². The van der Waals surface area contributed by atoms with Crippen molar-refractivity contribution in [3.8, 4) is 5.69 Å². The second-order valence-electron chi connectivity index (χ2n) is 6.70. The maximum atomic E-state index is 13.7. The number of carbonyl (C=O) groups is 2. The maximum Gasteiger partial charge on any atom is 0.272 e. The second-order valence-corrected chi connectivity index (χ2v) is 6.70. The van der Waals surface area contributed by atoms with Gasteiger partial charge >= 0.3 is 0 Å². The molecule has 7 heteroatoms. The van der Waals surface area contributed by atoms with Gasteiger partial charge in [0.1, 0.15) is 11.6 Å². The van der Waals surface area contributed by atoms with E-state index in [1.54, 1.807) is 18.2 Å². The van der Waals surface area contributed by atoms with Crippen molar-refractivity contribution in [3.05, 3.63) is 77.7 Å². The predicted molar refractivity (Wildman–Crippen MR) is 102 cm³/mol. The van der Waals surface area contributed by atoms with Gasteiger partial charge in [0.05, 0.1) is 5.69 Å². The number of nitrogens with zero attached hydrogens (tertiary/aromatic N) is 2. The molecular formula is C21H19FN4O2. The third kappa shape index (κ3) is 3.93. The molecule has 3 aromatic rings. The van der Waals surface area contributed by atoms with Crippen LogP contribution in [0.5, 0.6) is 0 Å². The Morgan fingerprint density at radius 1 is 1.07 bits per heavy atom. The highest BCUT2D eigenvalue weighted by Crippen LogP contribution is 2.30. The van der Waals surface area contributed by atoms with Crippen molar-refractivity contribution in [1.29, 1.82) is 0 Å². The van der Waals surface area contributed by atoms with Crippen molar-refractivity contribution in [1.82, 2.24) is 15.1 Å². The number of halogens is 1. The van der Waals surface area contributed by atoms with Gasteiger partial charge in [-0.1, -0.05) is 36.4 Å². The van der Waals surface area contributed by atoms with Gasteiger partial charge in [0.2, 0.25) is 5.91 Å². The number of amides is 2. The van der Waals surface area contributed by atoms with E-state index in [4.69, 9.17) is 0 Å². The molecule has 0 spiro atoms. The molecule has 2 amide bonds. The lowest BCUT2D eigenvalue weighted by atomic mass is 10.2. The molecule has 0 unspecified atom stereocenters. The summed E-state index contributed by atoms with van der Waals surface area (Å²) >= 11 is 0. The molecule has 1 aliphatic carbocycles. The van der Waals surface area contributed by atoms with Crippen molar-refractivity contribution in [2.45, 2.75) is 19.4 Å². The summed E-state index contributed by atoms with van der Waals surface area (Å²) in [7, 11) is 0. The molecule has 6 nitrogen and oxygen atoms in total. The average Bonchev–Trinajstić information content (AvgIpc) is 3.49. The van der Waals surface area contributed by atoms with E-state index in [0.29, 0.717) is 11.4 Å². The molecule has 142 valence electrons. The second kappa shape index (κ2) is 7.64. The highest BCUT2D eigenvalue weighted by molar-refractivity contribution is 5.97. The molecule has 2 aromatic carbocycles. The summed E-state index contributed by atoms with van der Waals surface area (Å²) in [6, 6.07) is 17.0. The number of anilines is 1. The Hall–Kier alpha value is -3.48. The fraction of sp³-hybridized carbons (Fsp3) is 0.190. The SMILES string of the molecule is O=C(NCc1ccccc1F)c1cc(NC(=O)C2CC2)n(-c2ccccc2)n1. The van der Waals surface area contributed by atoms with Crippen molar-refractivity contribution < 1.29 is 14.0 Å². The zero-order valence-corrected chi connectivity index (χ0v) is 15.1. The van der Waals surface area contributed by atoms with E-state index in [0.717, 1.165) is 18.5 Å². The van der Waals surface area contributed by atoms with Crippen LogP contribution < -0.4 is 10.6 Å². The minimum absolute atomic E-state index is 0.0254. The van der Waals surface area contributed by atoms with E-state index in [1.807, 2.05) is 30.3 Å². The highest BCUT2D eigenvalue weighted by atomic mass is 19.1. The van der Waals surface area contributed by atoms with Crippen LogP contribution in [0.1, 0.15) is 28.9 Å². The van der Waals surface area contributed by atoms with Crippen LogP contribution in [0.15, 0.2) is 60.7 Å². The van der Waals surface area contributed by atoms with Gasteiger partial charge in [0.25, 0.3) is 5.91 Å². The zero-order valence-electron chi connectivity index (χ0n) is 15.1. The minimum atomic E-state index is -0.445. The van der Waals surface area contributed by atoms with Gasteiger partial charge in [0.15, 0.2) is 5.69 Å². The maximum absolute atomic E-state index is 13.7. The third-order valence-corrected chi connectivity index (χ3v) is 4.54. The largest absolute Gasteiger partial charge is 0.346 e. The molecular weight excluding hydrogens is 359 g/mol. The molecule has 1 heterocycles. The van der Waals surface area contributed by atoms with E-state index < -0.39 is 5.91 Å². The molecule has 4 rings (SSSR count). The fourth-order valence-electron chi connectivity index (χ4n) is 2.83. The Morgan fingerprint density at radius 2 is 1.79 bits per heavy atom. The van der Waals surface area contributed by atoms with E-state index >= 15 is 0 Å². The van der Waals surface area contributed by atoms with Gasteiger partial charge in [-0.05, 0) is 31.0 Å². The average molecular weight is 378 g/mol. The van der Waals surface area contributed by atoms with Crippen LogP contribution in [-0.4, -0.2) is 21.6 Å². The molecule has 0 bridgehead atoms. The van der Waals surface area contributed by atoms with E-state index in [9.17, 15) is 14.0 Å². The van der Waals surface area contributed by atoms with Gasteiger partial charge in [-0.2, -0.15) is 5.10 Å². The highest BCUT2D eigenvalue weighted by Gasteiger charge is 2.30. The molecule has 0 atom stereocenters. The number of para-hydroxylation sites is 1. The number of hydrogen-bond donors (Lipinski definition) is 2. The van der Waals surface area contributed by atoms with E-state index in [1.165, 1.54) is 16.8 Å². The van der Waals surface area contributed by atoms with Crippen LogP contribution in [-0.2, 0) is 11.3 Å². The van der Waals surface area contributed by atoms with Crippen molar-refractivity contribution in [3.63, 3.8) is 0 Å². The molecule has 0 saturated heterocycles. The molecule has 1 fully saturated rings. The fourth-order valence-corrected chi connectivity index (χ4v) is 2.83. The lowest BCUT2D eigenvalue weighted by molar-refractivity contribution is -0.117. The van der Waals surface area contributed by atoms with Crippen molar-refractivity contribution in [2.24, 2.45) is 5.92 Å². The van der Waals surface area contributed by atoms with Gasteiger partial charge < -0.3 is 10.6 Å². The van der Waals surface area contributed by atoms with Crippen LogP contribution in [0.3, 0.4) is 0 Å². The summed E-state index contributed by atoms with van der Waals surface area (Å²) in [4.78, 5) is 24.7. The van der Waals surface area contributed by atoms with Crippen molar-refractivity contribution >= 4 is 17.6 Å². The molecule has 1 saturated carbocycles. The Labute approximate surface area is 161 Å². The van der Waals surface area contributed by atoms with Gasteiger partial charge in [0, 0.05) is 24.1 Å². The van der Waals surface area contributed by atoms with Gasteiger partial charge in [-0.25, -0.2) is 9.07 Å². The summed E-state index contributed by atoms with van der Waals surface area (Å²) in [5, 5.41) is 9.86. The summed E-state index contributed by atoms with van der Waals surface area (Å²) in [6.07, 6.45) is 1.75. The number of carbonyl (C=O) groups excluding carboxylic acids is 2. The summed E-state index contributed by atoms with van der Waals surface area (Å²) in [5.74, 6) is -0.443. The van der Waals surface area contributed by atoms with Gasteiger partial charge in [-0.3, -0.25) is 9.59 Å². The Kier molecular flexibility index (Phi) is 4.89. The summed E-state index contributed by atoms with van der Waals surface area (Å²) in [6.45, 7) is 0.0491. The van der Waals surface area contributed by atoms with E-state index in [2.05, 4.69) is 15.7 Å². The topological polar surface area (TPSA) is 76.0 Å². The van der Waals surface area contributed by atoms with Crippen molar-refractivity contribution in [2.75, 3.05) is 5.32 Å². The number of rotatable bonds is 6. The Morgan fingerprint density at radius 3 is 2.50 bits per heavy atom. The first-order chi connectivity index (χ1) is 13.6. The number of hydrogen-bond acceptors (Lipinski definition) is 3. The minimum Gasteiger partial charge on any atom is -0.346 e. The molecule has 0 aliphatic heterocycles. The monoisotopic (exact) mass is 378 g/mol.